The van der Waals surface area contributed by atoms with E-state index in [1.165, 1.54) is 70.2 Å². The molecule has 0 fully saturated rings. The molecule has 9 aromatic carbocycles. The van der Waals surface area contributed by atoms with E-state index in [0.29, 0.717) is 17.5 Å². The summed E-state index contributed by atoms with van der Waals surface area (Å²) < 4.78 is 2.57. The lowest BCUT2D eigenvalue weighted by Crippen LogP contribution is -2.25. The van der Waals surface area contributed by atoms with E-state index in [1.807, 2.05) is 29.5 Å². The molecule has 2 aliphatic carbocycles. The number of rotatable bonds is 5. The van der Waals surface area contributed by atoms with Crippen molar-refractivity contribution in [3.8, 4) is 78.7 Å². The van der Waals surface area contributed by atoms with Crippen LogP contribution in [0.5, 0.6) is 0 Å². The Morgan fingerprint density at radius 2 is 0.774 bits per heavy atom. The molecule has 0 bridgehead atoms. The number of hydrogen-bond acceptors (Lipinski definition) is 4. The van der Waals surface area contributed by atoms with Gasteiger partial charge in [0.25, 0.3) is 0 Å². The van der Waals surface area contributed by atoms with Crippen LogP contribution in [-0.4, -0.2) is 15.0 Å². The average Bonchev–Trinajstić information content (AvgIpc) is 3.98. The molecule has 0 atom stereocenters. The van der Waals surface area contributed by atoms with Crippen molar-refractivity contribution in [3.05, 3.63) is 235 Å². The van der Waals surface area contributed by atoms with Crippen LogP contribution in [-0.2, 0) is 5.41 Å². The first-order chi connectivity index (χ1) is 30.7. The van der Waals surface area contributed by atoms with Crippen molar-refractivity contribution in [1.82, 2.24) is 15.0 Å². The van der Waals surface area contributed by atoms with Gasteiger partial charge in [-0.05, 0) is 85.0 Å². The van der Waals surface area contributed by atoms with Gasteiger partial charge >= 0.3 is 0 Å². The van der Waals surface area contributed by atoms with Gasteiger partial charge in [-0.1, -0.05) is 194 Å². The Labute approximate surface area is 363 Å². The maximum Gasteiger partial charge on any atom is 0.164 e. The summed E-state index contributed by atoms with van der Waals surface area (Å²) in [4.78, 5) is 15.7. The van der Waals surface area contributed by atoms with Crippen molar-refractivity contribution in [1.29, 1.82) is 0 Å². The molecule has 0 radical (unpaired) electrons. The Balaban J connectivity index is 0.974. The summed E-state index contributed by atoms with van der Waals surface area (Å²) in [5.74, 6) is 1.91. The summed E-state index contributed by atoms with van der Waals surface area (Å²) in [5.41, 5.74) is 17.5. The summed E-state index contributed by atoms with van der Waals surface area (Å²) in [7, 11) is 0. The number of thiophene rings is 1. The summed E-state index contributed by atoms with van der Waals surface area (Å²) in [5, 5.41) is 2.57. The molecular weight excluding hydrogens is 771 g/mol. The van der Waals surface area contributed by atoms with Gasteiger partial charge in [-0.15, -0.1) is 11.3 Å². The fourth-order valence-electron chi connectivity index (χ4n) is 10.3. The molecule has 288 valence electrons. The van der Waals surface area contributed by atoms with Crippen molar-refractivity contribution in [3.63, 3.8) is 0 Å². The van der Waals surface area contributed by atoms with Crippen LogP contribution >= 0.6 is 11.3 Å². The van der Waals surface area contributed by atoms with Crippen LogP contribution in [0.1, 0.15) is 22.3 Å². The van der Waals surface area contributed by atoms with Crippen molar-refractivity contribution >= 4 is 31.5 Å². The Morgan fingerprint density at radius 3 is 1.52 bits per heavy atom. The van der Waals surface area contributed by atoms with Gasteiger partial charge < -0.3 is 0 Å². The smallest absolute Gasteiger partial charge is 0.164 e. The molecule has 13 rings (SSSR count). The van der Waals surface area contributed by atoms with E-state index in [-0.39, 0.29) is 5.41 Å². The van der Waals surface area contributed by atoms with Crippen molar-refractivity contribution < 1.29 is 0 Å². The van der Waals surface area contributed by atoms with Gasteiger partial charge in [0.05, 0.1) is 5.41 Å². The average molecular weight is 806 g/mol. The van der Waals surface area contributed by atoms with Crippen LogP contribution in [0.3, 0.4) is 0 Å². The predicted octanol–water partition coefficient (Wildman–Crippen LogP) is 14.9. The second-order valence-electron chi connectivity index (χ2n) is 16.2. The number of hydrogen-bond donors (Lipinski definition) is 0. The van der Waals surface area contributed by atoms with Crippen LogP contribution in [0.15, 0.2) is 212 Å². The zero-order chi connectivity index (χ0) is 40.8. The maximum absolute atomic E-state index is 5.31. The fourth-order valence-corrected chi connectivity index (χ4v) is 11.6. The molecule has 0 saturated carbocycles. The summed E-state index contributed by atoms with van der Waals surface area (Å²) in [6.45, 7) is 0. The largest absolute Gasteiger partial charge is 0.208 e. The van der Waals surface area contributed by atoms with E-state index in [4.69, 9.17) is 15.0 Å². The zero-order valence-electron chi connectivity index (χ0n) is 33.5. The molecule has 1 spiro atoms. The fraction of sp³-hybridized carbons (Fsp3) is 0.0172. The van der Waals surface area contributed by atoms with Crippen molar-refractivity contribution in [2.75, 3.05) is 0 Å². The highest BCUT2D eigenvalue weighted by molar-refractivity contribution is 7.26. The van der Waals surface area contributed by atoms with E-state index in [2.05, 4.69) is 194 Å². The number of fused-ring (bicyclic) bond motifs is 13. The summed E-state index contributed by atoms with van der Waals surface area (Å²) >= 11 is 1.85. The van der Waals surface area contributed by atoms with Crippen LogP contribution < -0.4 is 0 Å². The minimum atomic E-state index is -0.387. The number of aromatic nitrogens is 3. The van der Waals surface area contributed by atoms with Crippen LogP contribution in [0.2, 0.25) is 0 Å². The van der Waals surface area contributed by atoms with Gasteiger partial charge in [-0.2, -0.15) is 0 Å². The second kappa shape index (κ2) is 13.6. The van der Waals surface area contributed by atoms with E-state index in [1.54, 1.807) is 0 Å². The molecule has 4 heteroatoms. The number of nitrogens with zero attached hydrogens (tertiary/aromatic N) is 3. The first-order valence-electron chi connectivity index (χ1n) is 21.1. The molecule has 3 nitrogen and oxygen atoms in total. The molecule has 62 heavy (non-hydrogen) atoms. The highest BCUT2D eigenvalue weighted by Crippen LogP contribution is 2.63. The lowest BCUT2D eigenvalue weighted by atomic mass is 9.70. The molecule has 0 unspecified atom stereocenters. The van der Waals surface area contributed by atoms with Gasteiger partial charge in [0, 0.05) is 36.9 Å². The van der Waals surface area contributed by atoms with E-state index in [0.717, 1.165) is 33.4 Å². The topological polar surface area (TPSA) is 38.7 Å². The molecule has 0 aliphatic heterocycles. The molecule has 2 aromatic heterocycles. The van der Waals surface area contributed by atoms with Gasteiger partial charge in [-0.3, -0.25) is 0 Å². The normalized spacial score (nSPS) is 13.0. The lowest BCUT2D eigenvalue weighted by molar-refractivity contribution is 0.794. The van der Waals surface area contributed by atoms with Gasteiger partial charge in [0.2, 0.25) is 0 Å². The third-order valence-corrected chi connectivity index (χ3v) is 14.2. The van der Waals surface area contributed by atoms with Gasteiger partial charge in [0.15, 0.2) is 17.5 Å². The maximum atomic E-state index is 5.31. The lowest BCUT2D eigenvalue weighted by Gasteiger charge is -2.30. The monoisotopic (exact) mass is 805 g/mol. The molecule has 11 aromatic rings. The second-order valence-corrected chi connectivity index (χ2v) is 17.3. The number of benzene rings is 9. The van der Waals surface area contributed by atoms with Crippen LogP contribution in [0, 0.1) is 0 Å². The quantitative estimate of drug-likeness (QED) is 0.174. The zero-order valence-corrected chi connectivity index (χ0v) is 34.3. The molecule has 0 amide bonds. The Morgan fingerprint density at radius 1 is 0.290 bits per heavy atom. The van der Waals surface area contributed by atoms with E-state index < -0.39 is 0 Å². The minimum absolute atomic E-state index is 0.387. The molecule has 2 heterocycles. The summed E-state index contributed by atoms with van der Waals surface area (Å²) in [6.07, 6.45) is 0. The molecule has 0 saturated heterocycles. The minimum Gasteiger partial charge on any atom is -0.208 e. The predicted molar refractivity (Wildman–Crippen MR) is 256 cm³/mol. The van der Waals surface area contributed by atoms with Crippen molar-refractivity contribution in [2.45, 2.75) is 5.41 Å². The van der Waals surface area contributed by atoms with Gasteiger partial charge in [-0.25, -0.2) is 15.0 Å². The Kier molecular flexibility index (Phi) is 7.69. The van der Waals surface area contributed by atoms with E-state index >= 15 is 0 Å². The standard InChI is InChI=1S/C58H35N3S/c1-2-16-36(17-3-1)55-59-56(39-19-14-18-37(34-39)41-26-15-27-46-45-24-9-13-31-53(45)62-54(41)46)61-57(60-55)47-25-5-4-20-40(47)38-32-33-52-48(35-38)44-23-8-12-30-51(44)58(52)49-28-10-6-21-42(49)43-22-7-11-29-50(43)58/h1-35H. The molecular formula is C58H35N3S. The highest BCUT2D eigenvalue weighted by atomic mass is 32.1. The van der Waals surface area contributed by atoms with Gasteiger partial charge in [0.1, 0.15) is 0 Å². The Hall–Kier alpha value is -7.79. The first kappa shape index (κ1) is 35.0. The Bertz CT molecular complexity index is 3560. The summed E-state index contributed by atoms with van der Waals surface area (Å²) in [6, 6.07) is 76.7. The first-order valence-corrected chi connectivity index (χ1v) is 21.9. The third kappa shape index (κ3) is 5.08. The SMILES string of the molecule is c1ccc(-c2nc(-c3cccc(-c4cccc5c4sc4ccccc45)c3)nc(-c3ccccc3-c3ccc4c(c3)-c3ccccc3C43c4ccccc4-c4ccccc43)n2)cc1. The third-order valence-electron chi connectivity index (χ3n) is 13.0. The highest BCUT2D eigenvalue weighted by Gasteiger charge is 2.51. The van der Waals surface area contributed by atoms with Crippen molar-refractivity contribution in [2.24, 2.45) is 0 Å². The van der Waals surface area contributed by atoms with Crippen LogP contribution in [0.25, 0.3) is 98.8 Å². The molecule has 0 N–H and O–H groups in total. The van der Waals surface area contributed by atoms with E-state index in [9.17, 15) is 0 Å². The molecule has 2 aliphatic rings. The van der Waals surface area contributed by atoms with Crippen LogP contribution in [0.4, 0.5) is 0 Å².